The number of rotatable bonds is 4. The molecule has 1 rings (SSSR count). The van der Waals surface area contributed by atoms with Gasteiger partial charge in [0.1, 0.15) is 0 Å². The summed E-state index contributed by atoms with van der Waals surface area (Å²) < 4.78 is 0.564. The van der Waals surface area contributed by atoms with Crippen LogP contribution in [0.2, 0.25) is 0 Å². The molecule has 0 N–H and O–H groups in total. The SMILES string of the molecule is CCCCCn1nnc(Br)n1. The molecule has 0 amide bonds. The van der Waals surface area contributed by atoms with E-state index in [1.54, 1.807) is 4.80 Å². The first-order valence-corrected chi connectivity index (χ1v) is 4.55. The maximum absolute atomic E-state index is 3.99. The van der Waals surface area contributed by atoms with Gasteiger partial charge >= 0.3 is 0 Å². The summed E-state index contributed by atoms with van der Waals surface area (Å²) in [7, 11) is 0. The molecule has 0 aromatic carbocycles. The number of unbranched alkanes of at least 4 members (excludes halogenated alkanes) is 2. The van der Waals surface area contributed by atoms with Crippen LogP contribution in [0.1, 0.15) is 26.2 Å². The number of nitrogens with zero attached hydrogens (tertiary/aromatic N) is 4. The summed E-state index contributed by atoms with van der Waals surface area (Å²) in [4.78, 5) is 1.61. The summed E-state index contributed by atoms with van der Waals surface area (Å²) in [6.45, 7) is 3.04. The topological polar surface area (TPSA) is 43.6 Å². The summed E-state index contributed by atoms with van der Waals surface area (Å²) in [5.41, 5.74) is 0. The summed E-state index contributed by atoms with van der Waals surface area (Å²) in [5, 5.41) is 11.5. The minimum Gasteiger partial charge on any atom is -0.163 e. The Kier molecular flexibility index (Phi) is 3.48. The van der Waals surface area contributed by atoms with E-state index >= 15 is 0 Å². The van der Waals surface area contributed by atoms with E-state index in [9.17, 15) is 0 Å². The van der Waals surface area contributed by atoms with Crippen LogP contribution in [0.4, 0.5) is 0 Å². The molecule has 5 heteroatoms. The molecule has 0 aliphatic carbocycles. The summed E-state index contributed by atoms with van der Waals surface area (Å²) in [6.07, 6.45) is 3.56. The molecule has 1 heterocycles. The molecule has 0 bridgehead atoms. The number of tetrazole rings is 1. The van der Waals surface area contributed by atoms with Crippen LogP contribution in [0.15, 0.2) is 4.73 Å². The molecule has 1 aromatic heterocycles. The minimum absolute atomic E-state index is 0.564. The largest absolute Gasteiger partial charge is 0.239 e. The highest BCUT2D eigenvalue weighted by Gasteiger charge is 1.96. The van der Waals surface area contributed by atoms with Crippen molar-refractivity contribution in [3.05, 3.63) is 4.73 Å². The standard InChI is InChI=1S/C6H11BrN4/c1-2-3-4-5-11-9-6(7)8-10-11/h2-5H2,1H3. The lowest BCUT2D eigenvalue weighted by atomic mass is 10.2. The third-order valence-corrected chi connectivity index (χ3v) is 1.71. The van der Waals surface area contributed by atoms with Gasteiger partial charge in [0, 0.05) is 0 Å². The predicted molar refractivity (Wildman–Crippen MR) is 45.0 cm³/mol. The van der Waals surface area contributed by atoms with E-state index in [1.807, 2.05) is 0 Å². The van der Waals surface area contributed by atoms with E-state index < -0.39 is 0 Å². The van der Waals surface area contributed by atoms with E-state index in [0.29, 0.717) is 4.73 Å². The van der Waals surface area contributed by atoms with Gasteiger partial charge < -0.3 is 0 Å². The maximum Gasteiger partial charge on any atom is 0.239 e. The number of hydrogen-bond donors (Lipinski definition) is 0. The first-order valence-electron chi connectivity index (χ1n) is 3.76. The Labute approximate surface area is 74.1 Å². The van der Waals surface area contributed by atoms with E-state index in [4.69, 9.17) is 0 Å². The average Bonchev–Trinajstić information content (AvgIpc) is 2.37. The molecule has 0 spiro atoms. The second kappa shape index (κ2) is 4.43. The monoisotopic (exact) mass is 218 g/mol. The minimum atomic E-state index is 0.564. The molecule has 0 fully saturated rings. The van der Waals surface area contributed by atoms with Crippen molar-refractivity contribution in [1.29, 1.82) is 0 Å². The van der Waals surface area contributed by atoms with E-state index in [0.717, 1.165) is 13.0 Å². The molecular weight excluding hydrogens is 208 g/mol. The van der Waals surface area contributed by atoms with E-state index in [2.05, 4.69) is 38.3 Å². The van der Waals surface area contributed by atoms with Gasteiger partial charge in [0.25, 0.3) is 0 Å². The van der Waals surface area contributed by atoms with Crippen LogP contribution < -0.4 is 0 Å². The van der Waals surface area contributed by atoms with Crippen molar-refractivity contribution >= 4 is 15.9 Å². The van der Waals surface area contributed by atoms with E-state index in [-0.39, 0.29) is 0 Å². The quantitative estimate of drug-likeness (QED) is 0.722. The van der Waals surface area contributed by atoms with E-state index in [1.165, 1.54) is 12.8 Å². The highest BCUT2D eigenvalue weighted by Crippen LogP contribution is 1.99. The number of hydrogen-bond acceptors (Lipinski definition) is 3. The zero-order valence-corrected chi connectivity index (χ0v) is 8.08. The van der Waals surface area contributed by atoms with Crippen molar-refractivity contribution in [3.8, 4) is 0 Å². The molecule has 11 heavy (non-hydrogen) atoms. The second-order valence-corrected chi connectivity index (χ2v) is 3.07. The Morgan fingerprint density at radius 3 is 2.82 bits per heavy atom. The van der Waals surface area contributed by atoms with Crippen LogP contribution in [-0.2, 0) is 6.54 Å². The van der Waals surface area contributed by atoms with Crippen LogP contribution >= 0.6 is 15.9 Å². The number of aryl methyl sites for hydroxylation is 1. The Balaban J connectivity index is 2.27. The molecule has 0 aliphatic heterocycles. The first-order chi connectivity index (χ1) is 5.33. The summed E-state index contributed by atoms with van der Waals surface area (Å²) >= 11 is 3.14. The van der Waals surface area contributed by atoms with Crippen molar-refractivity contribution in [2.24, 2.45) is 0 Å². The Morgan fingerprint density at radius 2 is 2.27 bits per heavy atom. The molecule has 0 aliphatic rings. The van der Waals surface area contributed by atoms with Crippen LogP contribution in [0, 0.1) is 0 Å². The highest BCUT2D eigenvalue weighted by atomic mass is 79.9. The third kappa shape index (κ3) is 2.96. The third-order valence-electron chi connectivity index (χ3n) is 1.39. The maximum atomic E-state index is 3.99. The molecule has 0 atom stereocenters. The lowest BCUT2D eigenvalue weighted by Crippen LogP contribution is -2.02. The number of halogens is 1. The van der Waals surface area contributed by atoms with Crippen LogP contribution in [0.5, 0.6) is 0 Å². The van der Waals surface area contributed by atoms with Gasteiger partial charge in [-0.3, -0.25) is 0 Å². The highest BCUT2D eigenvalue weighted by molar-refractivity contribution is 9.10. The normalized spacial score (nSPS) is 10.4. The molecule has 4 nitrogen and oxygen atoms in total. The first kappa shape index (κ1) is 8.64. The zero-order valence-electron chi connectivity index (χ0n) is 6.50. The second-order valence-electron chi connectivity index (χ2n) is 2.36. The van der Waals surface area contributed by atoms with Crippen LogP contribution in [0.3, 0.4) is 0 Å². The zero-order chi connectivity index (χ0) is 8.10. The lowest BCUT2D eigenvalue weighted by Gasteiger charge is -1.94. The fraction of sp³-hybridized carbons (Fsp3) is 0.833. The van der Waals surface area contributed by atoms with Crippen LogP contribution in [-0.4, -0.2) is 20.2 Å². The molecular formula is C6H11BrN4. The van der Waals surface area contributed by atoms with Gasteiger partial charge in [-0.15, -0.1) is 10.2 Å². The predicted octanol–water partition coefficient (Wildman–Crippen LogP) is 1.63. The fourth-order valence-electron chi connectivity index (χ4n) is 0.822. The Hall–Kier alpha value is -0.450. The Bertz CT molecular complexity index is 210. The lowest BCUT2D eigenvalue weighted by molar-refractivity contribution is 0.485. The fourth-order valence-corrected chi connectivity index (χ4v) is 1.08. The molecule has 1 aromatic rings. The van der Waals surface area contributed by atoms with Gasteiger partial charge in [-0.1, -0.05) is 19.8 Å². The summed E-state index contributed by atoms with van der Waals surface area (Å²) in [6, 6.07) is 0. The van der Waals surface area contributed by atoms with Gasteiger partial charge in [0.05, 0.1) is 6.54 Å². The van der Waals surface area contributed by atoms with Crippen LogP contribution in [0.25, 0.3) is 0 Å². The molecule has 0 saturated carbocycles. The molecule has 0 radical (unpaired) electrons. The van der Waals surface area contributed by atoms with Crippen molar-refractivity contribution < 1.29 is 0 Å². The van der Waals surface area contributed by atoms with Gasteiger partial charge in [-0.05, 0) is 27.6 Å². The summed E-state index contributed by atoms with van der Waals surface area (Å²) in [5.74, 6) is 0. The van der Waals surface area contributed by atoms with Gasteiger partial charge in [-0.25, -0.2) is 0 Å². The van der Waals surface area contributed by atoms with Gasteiger partial charge in [0.2, 0.25) is 4.73 Å². The van der Waals surface area contributed by atoms with Gasteiger partial charge in [-0.2, -0.15) is 4.80 Å². The van der Waals surface area contributed by atoms with Crippen molar-refractivity contribution in [3.63, 3.8) is 0 Å². The molecule has 62 valence electrons. The van der Waals surface area contributed by atoms with Crippen molar-refractivity contribution in [2.75, 3.05) is 0 Å². The number of aromatic nitrogens is 4. The smallest absolute Gasteiger partial charge is 0.163 e. The van der Waals surface area contributed by atoms with Crippen molar-refractivity contribution in [1.82, 2.24) is 20.2 Å². The average molecular weight is 219 g/mol. The van der Waals surface area contributed by atoms with Gasteiger partial charge in [0.15, 0.2) is 0 Å². The molecule has 0 saturated heterocycles. The Morgan fingerprint density at radius 1 is 1.45 bits per heavy atom. The molecule has 0 unspecified atom stereocenters. The van der Waals surface area contributed by atoms with Crippen molar-refractivity contribution in [2.45, 2.75) is 32.7 Å².